The number of alkyl halides is 4. The maximum Gasteiger partial charge on any atom is 0.319 e. The van der Waals surface area contributed by atoms with Crippen LogP contribution in [0.1, 0.15) is 37.0 Å². The van der Waals surface area contributed by atoms with E-state index in [0.29, 0.717) is 18.1 Å². The zero-order valence-electron chi connectivity index (χ0n) is 16.3. The van der Waals surface area contributed by atoms with Crippen LogP contribution in [0.5, 0.6) is 0 Å². The highest BCUT2D eigenvalue weighted by Crippen LogP contribution is 2.32. The molecule has 0 spiro atoms. The fourth-order valence-corrected chi connectivity index (χ4v) is 3.37. The van der Waals surface area contributed by atoms with E-state index in [4.69, 9.17) is 0 Å². The van der Waals surface area contributed by atoms with E-state index in [0.717, 1.165) is 12.5 Å². The van der Waals surface area contributed by atoms with E-state index >= 15 is 0 Å². The molecule has 2 rings (SSSR count). The van der Waals surface area contributed by atoms with Crippen molar-refractivity contribution in [2.24, 2.45) is 0 Å². The summed E-state index contributed by atoms with van der Waals surface area (Å²) in [5, 5.41) is 5.18. The highest BCUT2D eigenvalue weighted by atomic mass is 32.2. The first kappa shape index (κ1) is 23.1. The summed E-state index contributed by atoms with van der Waals surface area (Å²) in [6.07, 6.45) is -0.321. The van der Waals surface area contributed by atoms with Crippen LogP contribution in [-0.2, 0) is 17.6 Å². The molecule has 0 aliphatic rings. The quantitative estimate of drug-likeness (QED) is 0.361. The maximum atomic E-state index is 13.7. The lowest BCUT2D eigenvalue weighted by Crippen LogP contribution is -2.30. The molecule has 0 radical (unpaired) electrons. The van der Waals surface area contributed by atoms with E-state index < -0.39 is 17.9 Å². The third-order valence-corrected chi connectivity index (χ3v) is 5.25. The van der Waals surface area contributed by atoms with Gasteiger partial charge in [0, 0.05) is 48.2 Å². The molecule has 0 saturated carbocycles. The number of benzene rings is 2. The molecule has 0 aromatic heterocycles. The highest BCUT2D eigenvalue weighted by Gasteiger charge is 2.29. The number of rotatable bonds is 9. The largest absolute Gasteiger partial charge is 0.337 e. The first-order chi connectivity index (χ1) is 13.6. The van der Waals surface area contributed by atoms with Crippen molar-refractivity contribution in [3.8, 4) is 0 Å². The summed E-state index contributed by atoms with van der Waals surface area (Å²) < 4.78 is 54.2. The summed E-state index contributed by atoms with van der Waals surface area (Å²) in [6.45, 7) is 2.61. The predicted molar refractivity (Wildman–Crippen MR) is 110 cm³/mol. The second-order valence-electron chi connectivity index (χ2n) is 6.66. The first-order valence-corrected chi connectivity index (χ1v) is 10.4. The number of carbonyl (C=O) groups is 1. The molecule has 29 heavy (non-hydrogen) atoms. The van der Waals surface area contributed by atoms with Crippen molar-refractivity contribution in [2.45, 2.75) is 37.9 Å². The van der Waals surface area contributed by atoms with Crippen LogP contribution in [0, 0.1) is 0 Å². The Hall–Kier alpha value is -2.22. The molecule has 3 nitrogen and oxygen atoms in total. The van der Waals surface area contributed by atoms with E-state index in [-0.39, 0.29) is 23.2 Å². The summed E-state index contributed by atoms with van der Waals surface area (Å²) in [4.78, 5) is 11.9. The van der Waals surface area contributed by atoms with Gasteiger partial charge in [0.1, 0.15) is 0 Å². The average molecular weight is 428 g/mol. The van der Waals surface area contributed by atoms with E-state index in [2.05, 4.69) is 10.6 Å². The summed E-state index contributed by atoms with van der Waals surface area (Å²) in [5.41, 5.74) is 0.905. The molecule has 8 heteroatoms. The molecule has 158 valence electrons. The van der Waals surface area contributed by atoms with Crippen LogP contribution in [0.3, 0.4) is 0 Å². The van der Waals surface area contributed by atoms with Gasteiger partial charge in [-0.25, -0.2) is 22.4 Å². The molecule has 2 amide bonds. The third-order valence-electron chi connectivity index (χ3n) is 4.22. The normalized spacial score (nSPS) is 11.9. The number of amides is 2. The summed E-state index contributed by atoms with van der Waals surface area (Å²) >= 11 is 1.50. The van der Waals surface area contributed by atoms with Gasteiger partial charge in [-0.2, -0.15) is 11.8 Å². The minimum absolute atomic E-state index is 0.0241. The van der Waals surface area contributed by atoms with Crippen molar-refractivity contribution < 1.29 is 22.4 Å². The number of halogens is 4. The number of nitrogens with one attached hydrogen (secondary N) is 2. The lowest BCUT2D eigenvalue weighted by Gasteiger charge is -2.15. The average Bonchev–Trinajstić information content (AvgIpc) is 2.67. The van der Waals surface area contributed by atoms with Crippen LogP contribution in [0.4, 0.5) is 28.0 Å². The smallest absolute Gasteiger partial charge is 0.319 e. The van der Waals surface area contributed by atoms with Crippen LogP contribution in [-0.4, -0.2) is 18.3 Å². The molecule has 0 unspecified atom stereocenters. The van der Waals surface area contributed by atoms with Crippen molar-refractivity contribution in [1.29, 1.82) is 0 Å². The molecule has 0 fully saturated rings. The first-order valence-electron chi connectivity index (χ1n) is 9.20. The number of hydrogen-bond acceptors (Lipinski definition) is 2. The van der Waals surface area contributed by atoms with E-state index in [1.165, 1.54) is 49.0 Å². The Balaban J connectivity index is 1.75. The van der Waals surface area contributed by atoms with Crippen LogP contribution in [0.25, 0.3) is 0 Å². The number of anilines is 1. The Kier molecular flexibility index (Phi) is 7.96. The Morgan fingerprint density at radius 2 is 1.72 bits per heavy atom. The molecule has 0 aliphatic carbocycles. The molecule has 0 aliphatic heterocycles. The molecular formula is C21H24F4N2OS. The predicted octanol–water partition coefficient (Wildman–Crippen LogP) is 6.36. The van der Waals surface area contributed by atoms with Gasteiger partial charge in [-0.1, -0.05) is 37.3 Å². The van der Waals surface area contributed by atoms with Gasteiger partial charge in [0.2, 0.25) is 0 Å². The van der Waals surface area contributed by atoms with Crippen LogP contribution in [0.2, 0.25) is 0 Å². The molecule has 0 bridgehead atoms. The Morgan fingerprint density at radius 3 is 2.41 bits per heavy atom. The molecular weight excluding hydrogens is 404 g/mol. The topological polar surface area (TPSA) is 41.1 Å². The standard InChI is InChI=1S/C21H24F4N2OS/c1-3-21(24,25)17-8-5-9-18(13-17)27-19(28)26-10-11-29-14-15-6-4-7-16(12-15)20(2,22)23/h4-9,12-13H,3,10-11,14H2,1-2H3,(H2,26,27,28). The van der Waals surface area contributed by atoms with Crippen LogP contribution >= 0.6 is 11.8 Å². The second-order valence-corrected chi connectivity index (χ2v) is 7.77. The molecule has 0 atom stereocenters. The van der Waals surface area contributed by atoms with Crippen molar-refractivity contribution in [1.82, 2.24) is 5.32 Å². The number of urea groups is 1. The Labute approximate surface area is 172 Å². The van der Waals surface area contributed by atoms with Gasteiger partial charge in [-0.3, -0.25) is 0 Å². The third kappa shape index (κ3) is 7.27. The fourth-order valence-electron chi connectivity index (χ4n) is 2.56. The zero-order chi connectivity index (χ0) is 21.5. The Morgan fingerprint density at radius 1 is 1.03 bits per heavy atom. The van der Waals surface area contributed by atoms with Crippen molar-refractivity contribution in [3.63, 3.8) is 0 Å². The van der Waals surface area contributed by atoms with Crippen molar-refractivity contribution in [3.05, 3.63) is 65.2 Å². The van der Waals surface area contributed by atoms with Crippen LogP contribution in [0.15, 0.2) is 48.5 Å². The van der Waals surface area contributed by atoms with Crippen LogP contribution < -0.4 is 10.6 Å². The fraction of sp³-hybridized carbons (Fsp3) is 0.381. The molecule has 2 aromatic carbocycles. The van der Waals surface area contributed by atoms with Gasteiger partial charge in [0.15, 0.2) is 0 Å². The molecule has 0 saturated heterocycles. The zero-order valence-corrected chi connectivity index (χ0v) is 17.1. The SMILES string of the molecule is CCC(F)(F)c1cccc(NC(=O)NCCSCc2cccc(C(C)(F)F)c2)c1. The Bertz CT molecular complexity index is 824. The van der Waals surface area contributed by atoms with Gasteiger partial charge < -0.3 is 10.6 Å². The van der Waals surface area contributed by atoms with E-state index in [1.54, 1.807) is 18.2 Å². The van der Waals surface area contributed by atoms with Gasteiger partial charge in [0.25, 0.3) is 11.8 Å². The van der Waals surface area contributed by atoms with Gasteiger partial charge in [0.05, 0.1) is 0 Å². The second kappa shape index (κ2) is 10.0. The summed E-state index contributed by atoms with van der Waals surface area (Å²) in [7, 11) is 0. The summed E-state index contributed by atoms with van der Waals surface area (Å²) in [6, 6.07) is 11.4. The van der Waals surface area contributed by atoms with Gasteiger partial charge >= 0.3 is 6.03 Å². The van der Waals surface area contributed by atoms with Gasteiger partial charge in [-0.15, -0.1) is 0 Å². The molecule has 2 N–H and O–H groups in total. The lowest BCUT2D eigenvalue weighted by atomic mass is 10.1. The van der Waals surface area contributed by atoms with Crippen molar-refractivity contribution >= 4 is 23.5 Å². The molecule has 2 aromatic rings. The summed E-state index contributed by atoms with van der Waals surface area (Å²) in [5.74, 6) is -4.70. The number of hydrogen-bond donors (Lipinski definition) is 2. The maximum absolute atomic E-state index is 13.7. The minimum atomic E-state index is -2.94. The number of carbonyl (C=O) groups excluding carboxylic acids is 1. The van der Waals surface area contributed by atoms with Crippen molar-refractivity contribution in [2.75, 3.05) is 17.6 Å². The lowest BCUT2D eigenvalue weighted by molar-refractivity contribution is -0.00825. The number of thioether (sulfide) groups is 1. The highest BCUT2D eigenvalue weighted by molar-refractivity contribution is 7.98. The van der Waals surface area contributed by atoms with Gasteiger partial charge in [-0.05, 0) is 23.8 Å². The van der Waals surface area contributed by atoms with E-state index in [9.17, 15) is 22.4 Å². The monoisotopic (exact) mass is 428 g/mol. The van der Waals surface area contributed by atoms with E-state index in [1.807, 2.05) is 0 Å². The molecule has 0 heterocycles. The minimum Gasteiger partial charge on any atom is -0.337 e.